The maximum Gasteiger partial charge on any atom is 0.244 e. The van der Waals surface area contributed by atoms with Crippen LogP contribution in [0.25, 0.3) is 0 Å². The van der Waals surface area contributed by atoms with Crippen LogP contribution in [-0.4, -0.2) is 44.1 Å². The molecule has 23 heavy (non-hydrogen) atoms. The van der Waals surface area contributed by atoms with Crippen LogP contribution in [0, 0.1) is 0 Å². The van der Waals surface area contributed by atoms with E-state index in [1.807, 2.05) is 0 Å². The number of halogens is 6. The Bertz CT molecular complexity index is 378. The van der Waals surface area contributed by atoms with Gasteiger partial charge in [-0.2, -0.15) is 0 Å². The highest BCUT2D eigenvalue weighted by molar-refractivity contribution is 6.45. The average Bonchev–Trinajstić information content (AvgIpc) is 2.49. The molecule has 0 aromatic heterocycles. The van der Waals surface area contributed by atoms with Gasteiger partial charge in [-0.05, 0) is 12.8 Å². The third-order valence-electron chi connectivity index (χ3n) is 3.08. The molecule has 0 saturated heterocycles. The number of hydrogen-bond acceptors (Lipinski definition) is 2. The van der Waals surface area contributed by atoms with Crippen molar-refractivity contribution in [1.29, 1.82) is 0 Å². The van der Waals surface area contributed by atoms with Gasteiger partial charge in [0.15, 0.2) is 0 Å². The molecule has 0 unspecified atom stereocenters. The van der Waals surface area contributed by atoms with Gasteiger partial charge >= 0.3 is 0 Å². The average molecular weight is 447 g/mol. The molecule has 0 aliphatic heterocycles. The Labute approximate surface area is 165 Å². The topological polar surface area (TPSA) is 86.2 Å². The second kappa shape index (κ2) is 11.1. The SMILES string of the molecule is C=C(CCCC(N)=O)C(N)=O.ClC1C(Cl)C(Cl)C(Cl)C(Cl)C1Cl. The summed E-state index contributed by atoms with van der Waals surface area (Å²) in [6.45, 7) is 3.42. The number of carbonyl (C=O) groups excluding carboxylic acids is 2. The molecule has 1 saturated carbocycles. The van der Waals surface area contributed by atoms with Crippen LogP contribution in [0.4, 0.5) is 0 Å². The molecule has 4 nitrogen and oxygen atoms in total. The van der Waals surface area contributed by atoms with E-state index in [9.17, 15) is 9.59 Å². The van der Waals surface area contributed by atoms with Crippen molar-refractivity contribution in [1.82, 2.24) is 0 Å². The third-order valence-corrected chi connectivity index (χ3v) is 7.11. The first kappa shape index (κ1) is 23.4. The first-order valence-electron chi connectivity index (χ1n) is 6.61. The van der Waals surface area contributed by atoms with E-state index in [1.54, 1.807) is 0 Å². The maximum absolute atomic E-state index is 10.4. The van der Waals surface area contributed by atoms with Crippen molar-refractivity contribution >= 4 is 81.4 Å². The Morgan fingerprint density at radius 3 is 1.26 bits per heavy atom. The molecule has 0 aromatic rings. The smallest absolute Gasteiger partial charge is 0.244 e. The molecule has 0 heterocycles. The van der Waals surface area contributed by atoms with Crippen LogP contribution in [0.2, 0.25) is 0 Å². The molecule has 1 rings (SSSR count). The Kier molecular flexibility index (Phi) is 11.3. The van der Waals surface area contributed by atoms with Crippen LogP contribution in [-0.2, 0) is 9.59 Å². The fourth-order valence-corrected chi connectivity index (χ4v) is 3.98. The normalized spacial score (nSPS) is 33.3. The van der Waals surface area contributed by atoms with Gasteiger partial charge in [-0.1, -0.05) is 6.58 Å². The number of hydrogen-bond donors (Lipinski definition) is 2. The molecule has 0 atom stereocenters. The van der Waals surface area contributed by atoms with Gasteiger partial charge in [-0.25, -0.2) is 0 Å². The minimum atomic E-state index is -0.519. The molecule has 0 bridgehead atoms. The summed E-state index contributed by atoms with van der Waals surface area (Å²) < 4.78 is 0. The molecule has 2 amide bonds. The van der Waals surface area contributed by atoms with E-state index in [4.69, 9.17) is 81.1 Å². The number of amides is 2. The van der Waals surface area contributed by atoms with Crippen LogP contribution in [0.1, 0.15) is 19.3 Å². The van der Waals surface area contributed by atoms with E-state index in [2.05, 4.69) is 6.58 Å². The molecule has 0 aromatic carbocycles. The van der Waals surface area contributed by atoms with Crippen molar-refractivity contribution in [2.75, 3.05) is 0 Å². The van der Waals surface area contributed by atoms with Gasteiger partial charge in [0.1, 0.15) is 0 Å². The minimum absolute atomic E-state index is 0.270. The van der Waals surface area contributed by atoms with Crippen molar-refractivity contribution in [3.05, 3.63) is 12.2 Å². The van der Waals surface area contributed by atoms with Crippen LogP contribution in [0.3, 0.4) is 0 Å². The van der Waals surface area contributed by atoms with E-state index >= 15 is 0 Å². The van der Waals surface area contributed by atoms with Gasteiger partial charge in [0.05, 0.1) is 32.3 Å². The van der Waals surface area contributed by atoms with Crippen molar-refractivity contribution < 1.29 is 9.59 Å². The van der Waals surface area contributed by atoms with Crippen molar-refractivity contribution in [2.45, 2.75) is 51.5 Å². The number of rotatable bonds is 5. The summed E-state index contributed by atoms with van der Waals surface area (Å²) in [7, 11) is 0. The number of nitrogens with two attached hydrogens (primary N) is 2. The highest BCUT2D eigenvalue weighted by Crippen LogP contribution is 2.39. The van der Waals surface area contributed by atoms with Gasteiger partial charge in [-0.3, -0.25) is 9.59 Å². The van der Waals surface area contributed by atoms with Crippen molar-refractivity contribution in [3.63, 3.8) is 0 Å². The molecular formula is C13H18Cl6N2O2. The molecule has 4 N–H and O–H groups in total. The molecule has 1 aliphatic carbocycles. The Morgan fingerprint density at radius 1 is 0.739 bits per heavy atom. The van der Waals surface area contributed by atoms with Gasteiger partial charge in [0, 0.05) is 12.0 Å². The molecular weight excluding hydrogens is 429 g/mol. The molecule has 10 heteroatoms. The lowest BCUT2D eigenvalue weighted by atomic mass is 9.97. The summed E-state index contributed by atoms with van der Waals surface area (Å²) in [6, 6.07) is 0. The summed E-state index contributed by atoms with van der Waals surface area (Å²) >= 11 is 35.3. The van der Waals surface area contributed by atoms with Crippen molar-refractivity contribution in [2.24, 2.45) is 11.5 Å². The molecule has 0 spiro atoms. The zero-order chi connectivity index (χ0) is 18.3. The number of primary amides is 2. The zero-order valence-electron chi connectivity index (χ0n) is 12.0. The first-order chi connectivity index (χ1) is 10.5. The molecule has 134 valence electrons. The molecule has 1 fully saturated rings. The summed E-state index contributed by atoms with van der Waals surface area (Å²) in [6.07, 6.45) is 1.25. The van der Waals surface area contributed by atoms with Gasteiger partial charge in [0.2, 0.25) is 11.8 Å². The van der Waals surface area contributed by atoms with Crippen LogP contribution in [0.5, 0.6) is 0 Å². The minimum Gasteiger partial charge on any atom is -0.370 e. The quantitative estimate of drug-likeness (QED) is 0.501. The molecule has 0 radical (unpaired) electrons. The summed E-state index contributed by atoms with van der Waals surface area (Å²) in [5.41, 5.74) is 10.1. The predicted octanol–water partition coefficient (Wildman–Crippen LogP) is 3.33. The molecule has 1 aliphatic rings. The van der Waals surface area contributed by atoms with Gasteiger partial charge in [-0.15, -0.1) is 69.6 Å². The first-order valence-corrected chi connectivity index (χ1v) is 9.22. The number of alkyl halides is 6. The van der Waals surface area contributed by atoms with E-state index in [0.717, 1.165) is 0 Å². The lowest BCUT2D eigenvalue weighted by Crippen LogP contribution is -2.52. The summed E-state index contributed by atoms with van der Waals surface area (Å²) in [5, 5.41) is -2.62. The highest BCUT2D eigenvalue weighted by atomic mass is 35.5. The maximum atomic E-state index is 10.4. The largest absolute Gasteiger partial charge is 0.370 e. The van der Waals surface area contributed by atoms with Crippen molar-refractivity contribution in [3.8, 4) is 0 Å². The van der Waals surface area contributed by atoms with E-state index in [1.165, 1.54) is 0 Å². The lowest BCUT2D eigenvalue weighted by molar-refractivity contribution is -0.118. The standard InChI is InChI=1S/C7H12N2O2.C6H6Cl6/c1-5(7(9)11)3-2-4-6(8)10;7-1-2(8)4(10)6(12)5(11)3(1)9/h1-4H2,(H2,8,10)(H2,9,11);1-6H. The fourth-order valence-electron chi connectivity index (χ4n) is 1.65. The monoisotopic (exact) mass is 444 g/mol. The second-order valence-corrected chi connectivity index (χ2v) is 7.98. The van der Waals surface area contributed by atoms with Crippen LogP contribution < -0.4 is 11.5 Å². The third kappa shape index (κ3) is 7.89. The predicted molar refractivity (Wildman–Crippen MR) is 99.2 cm³/mol. The number of carbonyl (C=O) groups is 2. The van der Waals surface area contributed by atoms with E-state index in [0.29, 0.717) is 18.4 Å². The summed E-state index contributed by atoms with van der Waals surface area (Å²) in [4.78, 5) is 20.6. The van der Waals surface area contributed by atoms with E-state index in [-0.39, 0.29) is 12.3 Å². The van der Waals surface area contributed by atoms with Crippen LogP contribution in [0.15, 0.2) is 12.2 Å². The van der Waals surface area contributed by atoms with Gasteiger partial charge < -0.3 is 11.5 Å². The zero-order valence-corrected chi connectivity index (χ0v) is 16.6. The Hall–Kier alpha value is 0.420. The Morgan fingerprint density at radius 2 is 1.04 bits per heavy atom. The highest BCUT2D eigenvalue weighted by Gasteiger charge is 2.46. The van der Waals surface area contributed by atoms with Crippen LogP contribution >= 0.6 is 69.6 Å². The Balaban J connectivity index is 0.000000423. The lowest BCUT2D eigenvalue weighted by Gasteiger charge is -2.37. The second-order valence-electron chi connectivity index (χ2n) is 4.95. The fraction of sp³-hybridized carbons (Fsp3) is 0.692. The van der Waals surface area contributed by atoms with Gasteiger partial charge in [0.25, 0.3) is 0 Å². The summed E-state index contributed by atoms with van der Waals surface area (Å²) in [5.74, 6) is -0.892. The van der Waals surface area contributed by atoms with E-state index < -0.39 is 38.2 Å².